The zero-order chi connectivity index (χ0) is 19.7. The van der Waals surface area contributed by atoms with Gasteiger partial charge in [-0.15, -0.1) is 0 Å². The first-order valence-corrected chi connectivity index (χ1v) is 9.61. The van der Waals surface area contributed by atoms with Gasteiger partial charge in [-0.05, 0) is 48.1 Å². The molecule has 1 saturated heterocycles. The van der Waals surface area contributed by atoms with E-state index in [0.29, 0.717) is 24.4 Å². The van der Waals surface area contributed by atoms with Crippen LogP contribution in [0.2, 0.25) is 5.02 Å². The van der Waals surface area contributed by atoms with Crippen molar-refractivity contribution in [2.45, 2.75) is 24.8 Å². The van der Waals surface area contributed by atoms with Crippen molar-refractivity contribution >= 4 is 29.4 Å². The molecule has 1 spiro atoms. The molecule has 2 aliphatic rings. The highest BCUT2D eigenvalue weighted by Gasteiger charge is 2.55. The molecule has 28 heavy (non-hydrogen) atoms. The average molecular weight is 398 g/mol. The fraction of sp³-hybridized carbons (Fsp3) is 0.286. The lowest BCUT2D eigenvalue weighted by molar-refractivity contribution is -0.135. The first-order chi connectivity index (χ1) is 13.5. The number of halogens is 1. The Morgan fingerprint density at radius 3 is 2.82 bits per heavy atom. The molecule has 1 heterocycles. The minimum atomic E-state index is -1.03. The molecule has 0 bridgehead atoms. The molecule has 144 valence electrons. The van der Waals surface area contributed by atoms with Crippen LogP contribution in [0.4, 0.5) is 4.79 Å². The van der Waals surface area contributed by atoms with Gasteiger partial charge in [-0.1, -0.05) is 48.0 Å². The number of amides is 4. The molecule has 2 N–H and O–H groups in total. The topological polar surface area (TPSA) is 78.5 Å². The first-order valence-electron chi connectivity index (χ1n) is 9.23. The molecule has 2 aromatic rings. The second-order valence-electron chi connectivity index (χ2n) is 7.11. The van der Waals surface area contributed by atoms with Gasteiger partial charge < -0.3 is 10.6 Å². The van der Waals surface area contributed by atoms with E-state index >= 15 is 0 Å². The van der Waals surface area contributed by atoms with E-state index < -0.39 is 11.6 Å². The van der Waals surface area contributed by atoms with Crippen LogP contribution in [0.15, 0.2) is 48.5 Å². The first kappa shape index (κ1) is 18.5. The zero-order valence-corrected chi connectivity index (χ0v) is 16.0. The summed E-state index contributed by atoms with van der Waals surface area (Å²) in [6.45, 7) is 0.112. The molecule has 0 saturated carbocycles. The summed E-state index contributed by atoms with van der Waals surface area (Å²) >= 11 is 5.95. The van der Waals surface area contributed by atoms with Gasteiger partial charge in [0, 0.05) is 11.6 Å². The molecule has 0 aromatic heterocycles. The number of aryl methyl sites for hydroxylation is 1. The molecule has 2 aromatic carbocycles. The third kappa shape index (κ3) is 3.24. The lowest BCUT2D eigenvalue weighted by Crippen LogP contribution is -2.44. The van der Waals surface area contributed by atoms with Gasteiger partial charge in [0.25, 0.3) is 5.91 Å². The van der Waals surface area contributed by atoms with E-state index in [-0.39, 0.29) is 18.4 Å². The lowest BCUT2D eigenvalue weighted by atomic mass is 9.92. The van der Waals surface area contributed by atoms with Crippen LogP contribution in [0.1, 0.15) is 23.1 Å². The number of carbonyl (C=O) groups excluding carboxylic acids is 3. The smallest absolute Gasteiger partial charge is 0.325 e. The van der Waals surface area contributed by atoms with Gasteiger partial charge in [-0.3, -0.25) is 14.5 Å². The summed E-state index contributed by atoms with van der Waals surface area (Å²) < 4.78 is 0. The minimum Gasteiger partial charge on any atom is -0.354 e. The Balaban J connectivity index is 1.38. The van der Waals surface area contributed by atoms with Crippen molar-refractivity contribution in [1.29, 1.82) is 0 Å². The van der Waals surface area contributed by atoms with Crippen molar-refractivity contribution in [2.75, 3.05) is 13.1 Å². The standard InChI is InChI=1S/C21H20ClN3O3/c22-16-6-3-4-14(12-16)9-11-23-18(26)13-25-19(27)21(24-20(25)28)10-8-15-5-1-2-7-17(15)21/h1-7,12H,8-11,13H2,(H,23,26)(H,24,28)/t21-/m0/s1. The number of benzene rings is 2. The van der Waals surface area contributed by atoms with Crippen molar-refractivity contribution in [3.8, 4) is 0 Å². The molecule has 4 amide bonds. The third-order valence-corrected chi connectivity index (χ3v) is 5.58. The largest absolute Gasteiger partial charge is 0.354 e. The summed E-state index contributed by atoms with van der Waals surface area (Å²) in [5.74, 6) is -0.721. The normalized spacial score (nSPS) is 20.4. The molecule has 0 unspecified atom stereocenters. The number of imide groups is 1. The van der Waals surface area contributed by atoms with E-state index in [1.54, 1.807) is 6.07 Å². The Morgan fingerprint density at radius 1 is 1.18 bits per heavy atom. The number of fused-ring (bicyclic) bond motifs is 2. The molecule has 4 rings (SSSR count). The van der Waals surface area contributed by atoms with Gasteiger partial charge >= 0.3 is 6.03 Å². The van der Waals surface area contributed by atoms with E-state index in [4.69, 9.17) is 11.6 Å². The minimum absolute atomic E-state index is 0.288. The molecule has 1 aliphatic carbocycles. The Morgan fingerprint density at radius 2 is 2.00 bits per heavy atom. The number of nitrogens with one attached hydrogen (secondary N) is 2. The van der Waals surface area contributed by atoms with Crippen LogP contribution in [0.3, 0.4) is 0 Å². The Hall–Kier alpha value is -2.86. The van der Waals surface area contributed by atoms with Gasteiger partial charge in [-0.25, -0.2) is 4.79 Å². The summed E-state index contributed by atoms with van der Waals surface area (Å²) in [6, 6.07) is 14.5. The monoisotopic (exact) mass is 397 g/mol. The highest BCUT2D eigenvalue weighted by molar-refractivity contribution is 6.30. The summed E-state index contributed by atoms with van der Waals surface area (Å²) in [5, 5.41) is 6.23. The van der Waals surface area contributed by atoms with E-state index in [0.717, 1.165) is 28.0 Å². The molecular weight excluding hydrogens is 378 g/mol. The fourth-order valence-corrected chi connectivity index (χ4v) is 4.18. The molecule has 0 radical (unpaired) electrons. The predicted molar refractivity (Wildman–Crippen MR) is 105 cm³/mol. The van der Waals surface area contributed by atoms with Gasteiger partial charge in [0.2, 0.25) is 5.91 Å². The highest BCUT2D eigenvalue weighted by atomic mass is 35.5. The van der Waals surface area contributed by atoms with Gasteiger partial charge in [0.05, 0.1) is 0 Å². The molecule has 1 fully saturated rings. The Bertz CT molecular complexity index is 961. The van der Waals surface area contributed by atoms with Crippen LogP contribution >= 0.6 is 11.6 Å². The van der Waals surface area contributed by atoms with Crippen molar-refractivity contribution < 1.29 is 14.4 Å². The zero-order valence-electron chi connectivity index (χ0n) is 15.2. The van der Waals surface area contributed by atoms with Crippen molar-refractivity contribution in [2.24, 2.45) is 0 Å². The summed E-state index contributed by atoms with van der Waals surface area (Å²) in [5.41, 5.74) is 1.86. The lowest BCUT2D eigenvalue weighted by Gasteiger charge is -2.22. The third-order valence-electron chi connectivity index (χ3n) is 5.35. The van der Waals surface area contributed by atoms with E-state index in [1.807, 2.05) is 42.5 Å². The second kappa shape index (κ2) is 7.28. The van der Waals surface area contributed by atoms with E-state index in [2.05, 4.69) is 10.6 Å². The number of hydrogen-bond acceptors (Lipinski definition) is 3. The molecule has 1 atom stereocenters. The fourth-order valence-electron chi connectivity index (χ4n) is 3.97. The highest BCUT2D eigenvalue weighted by Crippen LogP contribution is 2.41. The van der Waals surface area contributed by atoms with Crippen LogP contribution in [0.25, 0.3) is 0 Å². The quantitative estimate of drug-likeness (QED) is 0.760. The summed E-state index contributed by atoms with van der Waals surface area (Å²) in [4.78, 5) is 38.7. The average Bonchev–Trinajstić information content (AvgIpc) is 3.16. The number of hydrogen-bond donors (Lipinski definition) is 2. The summed E-state index contributed by atoms with van der Waals surface area (Å²) in [7, 11) is 0. The van der Waals surface area contributed by atoms with Crippen LogP contribution in [-0.2, 0) is 28.0 Å². The van der Waals surface area contributed by atoms with Gasteiger partial charge in [-0.2, -0.15) is 0 Å². The maximum Gasteiger partial charge on any atom is 0.325 e. The van der Waals surface area contributed by atoms with Crippen LogP contribution in [-0.4, -0.2) is 35.8 Å². The summed E-state index contributed by atoms with van der Waals surface area (Å²) in [6.07, 6.45) is 1.86. The molecule has 6 nitrogen and oxygen atoms in total. The predicted octanol–water partition coefficient (Wildman–Crippen LogP) is 2.39. The van der Waals surface area contributed by atoms with Crippen molar-refractivity contribution in [3.63, 3.8) is 0 Å². The van der Waals surface area contributed by atoms with Gasteiger partial charge in [0.15, 0.2) is 0 Å². The number of nitrogens with zero attached hydrogens (tertiary/aromatic N) is 1. The van der Waals surface area contributed by atoms with Crippen LogP contribution in [0.5, 0.6) is 0 Å². The van der Waals surface area contributed by atoms with E-state index in [1.165, 1.54) is 0 Å². The molecular formula is C21H20ClN3O3. The van der Waals surface area contributed by atoms with Crippen molar-refractivity contribution in [1.82, 2.24) is 15.5 Å². The van der Waals surface area contributed by atoms with Crippen molar-refractivity contribution in [3.05, 3.63) is 70.2 Å². The van der Waals surface area contributed by atoms with Crippen LogP contribution < -0.4 is 10.6 Å². The van der Waals surface area contributed by atoms with Gasteiger partial charge in [0.1, 0.15) is 12.1 Å². The Kier molecular flexibility index (Phi) is 4.81. The number of carbonyl (C=O) groups is 3. The second-order valence-corrected chi connectivity index (χ2v) is 7.55. The number of rotatable bonds is 5. The molecule has 1 aliphatic heterocycles. The van der Waals surface area contributed by atoms with E-state index in [9.17, 15) is 14.4 Å². The Labute approximate surface area is 167 Å². The van der Waals surface area contributed by atoms with Crippen LogP contribution in [0, 0.1) is 0 Å². The SMILES string of the molecule is O=C(CN1C(=O)N[C@]2(CCc3ccccc32)C1=O)NCCc1cccc(Cl)c1. The maximum absolute atomic E-state index is 13.0. The maximum atomic E-state index is 13.0. The molecule has 7 heteroatoms. The number of urea groups is 1.